The standard InChI is InChI=1S/C14H15NO2S2/c1-3-7-18-14-15-12(13(16)19-14)9-10-5-4-6-11(8-10)17-2/h4-6,8-9H,3,7H2,1-2H3/b12-9-. The van der Waals surface area contributed by atoms with Crippen LogP contribution in [-0.2, 0) is 4.79 Å². The summed E-state index contributed by atoms with van der Waals surface area (Å²) in [6.07, 6.45) is 2.88. The van der Waals surface area contributed by atoms with Crippen molar-refractivity contribution < 1.29 is 9.53 Å². The highest BCUT2D eigenvalue weighted by Crippen LogP contribution is 2.31. The third-order valence-electron chi connectivity index (χ3n) is 2.43. The molecular formula is C14H15NO2S2. The summed E-state index contributed by atoms with van der Waals surface area (Å²) in [6.45, 7) is 2.11. The average molecular weight is 293 g/mol. The molecule has 0 spiro atoms. The number of aliphatic imine (C=N–C) groups is 1. The number of methoxy groups -OCH3 is 1. The summed E-state index contributed by atoms with van der Waals surface area (Å²) < 4.78 is 6.01. The SMILES string of the molecule is CCCSC1=N/C(=C\c2cccc(OC)c2)C(=O)S1. The number of thioether (sulfide) groups is 2. The molecule has 0 saturated heterocycles. The predicted octanol–water partition coefficient (Wildman–Crippen LogP) is 3.81. The Hall–Kier alpha value is -1.20. The quantitative estimate of drug-likeness (QED) is 0.791. The largest absolute Gasteiger partial charge is 0.497 e. The molecular weight excluding hydrogens is 278 g/mol. The van der Waals surface area contributed by atoms with E-state index < -0.39 is 0 Å². The van der Waals surface area contributed by atoms with Crippen molar-refractivity contribution in [2.24, 2.45) is 4.99 Å². The molecule has 0 amide bonds. The van der Waals surface area contributed by atoms with Crippen LogP contribution in [0.4, 0.5) is 0 Å². The Morgan fingerprint density at radius 1 is 1.47 bits per heavy atom. The van der Waals surface area contributed by atoms with Gasteiger partial charge in [-0.1, -0.05) is 30.8 Å². The van der Waals surface area contributed by atoms with Crippen LogP contribution in [0.3, 0.4) is 0 Å². The molecule has 0 N–H and O–H groups in total. The number of ether oxygens (including phenoxy) is 1. The van der Waals surface area contributed by atoms with Crippen LogP contribution in [0.25, 0.3) is 6.08 Å². The van der Waals surface area contributed by atoms with Gasteiger partial charge in [0.05, 0.1) is 7.11 Å². The lowest BCUT2D eigenvalue weighted by Gasteiger charge is -2.00. The van der Waals surface area contributed by atoms with E-state index in [0.717, 1.165) is 27.9 Å². The number of rotatable bonds is 4. The third-order valence-corrected chi connectivity index (χ3v) is 4.64. The molecule has 100 valence electrons. The zero-order chi connectivity index (χ0) is 13.7. The van der Waals surface area contributed by atoms with Gasteiger partial charge in [0, 0.05) is 0 Å². The maximum absolute atomic E-state index is 11.8. The molecule has 5 heteroatoms. The van der Waals surface area contributed by atoms with Crippen LogP contribution >= 0.6 is 23.5 Å². The first-order valence-corrected chi connectivity index (χ1v) is 7.82. The van der Waals surface area contributed by atoms with Gasteiger partial charge in [-0.2, -0.15) is 0 Å². The molecule has 0 unspecified atom stereocenters. The molecule has 0 bridgehead atoms. The van der Waals surface area contributed by atoms with Crippen molar-refractivity contribution >= 4 is 39.1 Å². The number of benzene rings is 1. The van der Waals surface area contributed by atoms with Crippen LogP contribution in [0, 0.1) is 0 Å². The Bertz CT molecular complexity index is 538. The summed E-state index contributed by atoms with van der Waals surface area (Å²) in [4.78, 5) is 16.2. The molecule has 1 aromatic carbocycles. The monoisotopic (exact) mass is 293 g/mol. The lowest BCUT2D eigenvalue weighted by Crippen LogP contribution is -1.89. The van der Waals surface area contributed by atoms with Crippen molar-refractivity contribution in [1.29, 1.82) is 0 Å². The fourth-order valence-electron chi connectivity index (χ4n) is 1.53. The van der Waals surface area contributed by atoms with E-state index in [1.165, 1.54) is 11.8 Å². The van der Waals surface area contributed by atoms with Crippen molar-refractivity contribution in [3.63, 3.8) is 0 Å². The first-order valence-electron chi connectivity index (χ1n) is 6.02. The molecule has 2 rings (SSSR count). The third kappa shape index (κ3) is 3.88. The molecule has 19 heavy (non-hydrogen) atoms. The van der Waals surface area contributed by atoms with E-state index in [0.29, 0.717) is 5.70 Å². The van der Waals surface area contributed by atoms with Crippen molar-refractivity contribution in [2.45, 2.75) is 13.3 Å². The second-order valence-corrected chi connectivity index (χ2v) is 6.23. The molecule has 0 atom stereocenters. The Balaban J connectivity index is 2.17. The van der Waals surface area contributed by atoms with Gasteiger partial charge in [-0.25, -0.2) is 4.99 Å². The van der Waals surface area contributed by atoms with Crippen LogP contribution in [0.5, 0.6) is 5.75 Å². The molecule has 0 aliphatic carbocycles. The van der Waals surface area contributed by atoms with E-state index in [1.54, 1.807) is 24.9 Å². The molecule has 0 fully saturated rings. The zero-order valence-electron chi connectivity index (χ0n) is 10.9. The summed E-state index contributed by atoms with van der Waals surface area (Å²) in [6, 6.07) is 7.59. The minimum atomic E-state index is 0.0152. The molecule has 1 aromatic rings. The molecule has 1 aliphatic heterocycles. The van der Waals surface area contributed by atoms with E-state index in [1.807, 2.05) is 24.3 Å². The first-order chi connectivity index (χ1) is 9.22. The van der Waals surface area contributed by atoms with E-state index in [9.17, 15) is 4.79 Å². The lowest BCUT2D eigenvalue weighted by atomic mass is 10.2. The Morgan fingerprint density at radius 2 is 2.32 bits per heavy atom. The maximum Gasteiger partial charge on any atom is 0.244 e. The molecule has 1 aliphatic rings. The topological polar surface area (TPSA) is 38.7 Å². The van der Waals surface area contributed by atoms with Gasteiger partial charge in [0.15, 0.2) is 0 Å². The number of carbonyl (C=O) groups excluding carboxylic acids is 1. The first kappa shape index (κ1) is 14.2. The molecule has 1 heterocycles. The number of hydrogen-bond acceptors (Lipinski definition) is 5. The summed E-state index contributed by atoms with van der Waals surface area (Å²) in [7, 11) is 1.63. The number of carbonyl (C=O) groups is 1. The zero-order valence-corrected chi connectivity index (χ0v) is 12.5. The van der Waals surface area contributed by atoms with Crippen molar-refractivity contribution in [3.05, 3.63) is 35.5 Å². The smallest absolute Gasteiger partial charge is 0.244 e. The van der Waals surface area contributed by atoms with E-state index >= 15 is 0 Å². The Morgan fingerprint density at radius 3 is 3.05 bits per heavy atom. The minimum absolute atomic E-state index is 0.0152. The summed E-state index contributed by atoms with van der Waals surface area (Å²) in [5.74, 6) is 1.77. The normalized spacial score (nSPS) is 16.8. The summed E-state index contributed by atoms with van der Waals surface area (Å²) in [5, 5.41) is 0.0152. The van der Waals surface area contributed by atoms with Crippen LogP contribution in [0.2, 0.25) is 0 Å². The van der Waals surface area contributed by atoms with Gasteiger partial charge >= 0.3 is 0 Å². The van der Waals surface area contributed by atoms with E-state index in [2.05, 4.69) is 11.9 Å². The second kappa shape index (κ2) is 6.82. The van der Waals surface area contributed by atoms with Crippen molar-refractivity contribution in [1.82, 2.24) is 0 Å². The summed E-state index contributed by atoms with van der Waals surface area (Å²) in [5.41, 5.74) is 1.44. The number of nitrogens with zero attached hydrogens (tertiary/aromatic N) is 1. The van der Waals surface area contributed by atoms with Gasteiger partial charge in [-0.15, -0.1) is 0 Å². The number of hydrogen-bond donors (Lipinski definition) is 0. The van der Waals surface area contributed by atoms with Gasteiger partial charge in [-0.05, 0) is 47.7 Å². The highest BCUT2D eigenvalue weighted by atomic mass is 32.2. The van der Waals surface area contributed by atoms with Crippen LogP contribution in [-0.4, -0.2) is 22.4 Å². The molecule has 0 aromatic heterocycles. The van der Waals surface area contributed by atoms with Gasteiger partial charge in [0.25, 0.3) is 0 Å². The maximum atomic E-state index is 11.8. The highest BCUT2D eigenvalue weighted by molar-refractivity contribution is 8.45. The Kier molecular flexibility index (Phi) is 5.10. The van der Waals surface area contributed by atoms with Gasteiger partial charge in [-0.3, -0.25) is 4.79 Å². The van der Waals surface area contributed by atoms with Crippen LogP contribution in [0.1, 0.15) is 18.9 Å². The highest BCUT2D eigenvalue weighted by Gasteiger charge is 2.22. The van der Waals surface area contributed by atoms with Crippen LogP contribution in [0.15, 0.2) is 35.0 Å². The molecule has 3 nitrogen and oxygen atoms in total. The predicted molar refractivity (Wildman–Crippen MR) is 83.8 cm³/mol. The minimum Gasteiger partial charge on any atom is -0.497 e. The average Bonchev–Trinajstić information content (AvgIpc) is 2.77. The van der Waals surface area contributed by atoms with Gasteiger partial charge < -0.3 is 4.74 Å². The van der Waals surface area contributed by atoms with Crippen molar-refractivity contribution in [3.8, 4) is 5.75 Å². The fourth-order valence-corrected chi connectivity index (χ4v) is 3.30. The summed E-state index contributed by atoms with van der Waals surface area (Å²) >= 11 is 2.85. The van der Waals surface area contributed by atoms with Crippen molar-refractivity contribution in [2.75, 3.05) is 12.9 Å². The van der Waals surface area contributed by atoms with E-state index in [4.69, 9.17) is 4.74 Å². The fraction of sp³-hybridized carbons (Fsp3) is 0.286. The Labute approximate surface area is 121 Å². The molecule has 0 saturated carbocycles. The van der Waals surface area contributed by atoms with Gasteiger partial charge in [0.2, 0.25) is 5.12 Å². The molecule has 0 radical (unpaired) electrons. The van der Waals surface area contributed by atoms with Gasteiger partial charge in [0.1, 0.15) is 15.8 Å². The second-order valence-electron chi connectivity index (χ2n) is 3.92. The lowest BCUT2D eigenvalue weighted by molar-refractivity contribution is -0.107. The van der Waals surface area contributed by atoms with E-state index in [-0.39, 0.29) is 5.12 Å². The van der Waals surface area contributed by atoms with Crippen LogP contribution < -0.4 is 4.74 Å².